The Kier molecular flexibility index (Phi) is 3.91. The molecule has 0 saturated carbocycles. The molecule has 1 atom stereocenters. The summed E-state index contributed by atoms with van der Waals surface area (Å²) in [6.45, 7) is 0.776. The van der Waals surface area contributed by atoms with E-state index in [-0.39, 0.29) is 18.1 Å². The van der Waals surface area contributed by atoms with E-state index in [4.69, 9.17) is 9.52 Å². The molecule has 1 saturated heterocycles. The van der Waals surface area contributed by atoms with Crippen molar-refractivity contribution >= 4 is 11.9 Å². The van der Waals surface area contributed by atoms with Gasteiger partial charge in [0.15, 0.2) is 5.69 Å². The number of carboxylic acid groups (broad SMARTS) is 1. The Bertz CT molecular complexity index is 680. The first-order valence-corrected chi connectivity index (χ1v) is 7.18. The number of hydrogen-bond acceptors (Lipinski definition) is 4. The molecular weight excluding hydrogens is 284 g/mol. The number of aromatic nitrogens is 1. The molecule has 1 aromatic heterocycles. The Hall–Kier alpha value is -2.63. The molecule has 1 N–H and O–H groups in total. The number of rotatable bonds is 3. The van der Waals surface area contributed by atoms with Gasteiger partial charge in [0.2, 0.25) is 5.89 Å². The minimum absolute atomic E-state index is 0.213. The smallest absolute Gasteiger partial charge is 0.308 e. The van der Waals surface area contributed by atoms with Gasteiger partial charge in [0, 0.05) is 18.7 Å². The van der Waals surface area contributed by atoms with Gasteiger partial charge < -0.3 is 14.4 Å². The molecule has 114 valence electrons. The fourth-order valence-corrected chi connectivity index (χ4v) is 2.61. The van der Waals surface area contributed by atoms with Gasteiger partial charge in [-0.15, -0.1) is 0 Å². The molecule has 1 amide bonds. The predicted octanol–water partition coefficient (Wildman–Crippen LogP) is 2.28. The van der Waals surface area contributed by atoms with E-state index in [1.54, 1.807) is 0 Å². The SMILES string of the molecule is O=C(O)C1CCCN(C(=O)c2coc(-c3ccccc3)n2)C1. The number of carboxylic acids is 1. The Morgan fingerprint density at radius 3 is 2.77 bits per heavy atom. The minimum Gasteiger partial charge on any atom is -0.481 e. The summed E-state index contributed by atoms with van der Waals surface area (Å²) >= 11 is 0. The Morgan fingerprint density at radius 2 is 2.05 bits per heavy atom. The third-order valence-electron chi connectivity index (χ3n) is 3.80. The first-order chi connectivity index (χ1) is 10.6. The number of amides is 1. The number of likely N-dealkylation sites (tertiary alicyclic amines) is 1. The van der Waals surface area contributed by atoms with Crippen molar-refractivity contribution in [2.45, 2.75) is 12.8 Å². The van der Waals surface area contributed by atoms with Crippen molar-refractivity contribution in [3.8, 4) is 11.5 Å². The first kappa shape index (κ1) is 14.3. The molecule has 1 unspecified atom stereocenters. The minimum atomic E-state index is -0.859. The lowest BCUT2D eigenvalue weighted by Gasteiger charge is -2.29. The highest BCUT2D eigenvalue weighted by Crippen LogP contribution is 2.21. The third-order valence-corrected chi connectivity index (χ3v) is 3.80. The van der Waals surface area contributed by atoms with E-state index in [9.17, 15) is 9.59 Å². The van der Waals surface area contributed by atoms with Crippen LogP contribution in [0.25, 0.3) is 11.5 Å². The predicted molar refractivity (Wildman–Crippen MR) is 78.2 cm³/mol. The van der Waals surface area contributed by atoms with Crippen molar-refractivity contribution in [3.63, 3.8) is 0 Å². The van der Waals surface area contributed by atoms with Gasteiger partial charge >= 0.3 is 5.97 Å². The van der Waals surface area contributed by atoms with Gasteiger partial charge in [0.1, 0.15) is 6.26 Å². The maximum atomic E-state index is 12.4. The van der Waals surface area contributed by atoms with Crippen LogP contribution < -0.4 is 0 Å². The van der Waals surface area contributed by atoms with Gasteiger partial charge in [-0.2, -0.15) is 0 Å². The molecule has 1 aliphatic heterocycles. The van der Waals surface area contributed by atoms with E-state index in [2.05, 4.69) is 4.98 Å². The average molecular weight is 300 g/mol. The van der Waals surface area contributed by atoms with Crippen molar-refractivity contribution in [2.75, 3.05) is 13.1 Å². The number of piperidine rings is 1. The van der Waals surface area contributed by atoms with Crippen LogP contribution in [0.4, 0.5) is 0 Å². The van der Waals surface area contributed by atoms with Crippen LogP contribution in [0.2, 0.25) is 0 Å². The van der Waals surface area contributed by atoms with Gasteiger partial charge in [-0.3, -0.25) is 9.59 Å². The molecule has 1 aromatic carbocycles. The van der Waals surface area contributed by atoms with E-state index in [1.807, 2.05) is 30.3 Å². The molecule has 2 heterocycles. The molecule has 1 aliphatic rings. The number of carbonyl (C=O) groups is 2. The number of benzene rings is 1. The van der Waals surface area contributed by atoms with Crippen LogP contribution in [-0.4, -0.2) is 40.0 Å². The maximum Gasteiger partial charge on any atom is 0.308 e. The summed E-state index contributed by atoms with van der Waals surface area (Å²) in [5.74, 6) is -1.26. The van der Waals surface area contributed by atoms with E-state index in [0.717, 1.165) is 5.56 Å². The molecule has 6 heteroatoms. The van der Waals surface area contributed by atoms with Crippen molar-refractivity contribution < 1.29 is 19.1 Å². The van der Waals surface area contributed by atoms with Gasteiger partial charge in [0.05, 0.1) is 5.92 Å². The molecule has 0 spiro atoms. The highest BCUT2D eigenvalue weighted by atomic mass is 16.4. The fourth-order valence-electron chi connectivity index (χ4n) is 2.61. The second-order valence-electron chi connectivity index (χ2n) is 5.33. The Balaban J connectivity index is 1.76. The quantitative estimate of drug-likeness (QED) is 0.940. The van der Waals surface area contributed by atoms with Gasteiger partial charge in [0.25, 0.3) is 5.91 Å². The van der Waals surface area contributed by atoms with E-state index >= 15 is 0 Å². The van der Waals surface area contributed by atoms with Crippen LogP contribution in [0.15, 0.2) is 41.0 Å². The lowest BCUT2D eigenvalue weighted by molar-refractivity contribution is -0.143. The summed E-state index contributed by atoms with van der Waals surface area (Å²) in [5, 5.41) is 9.09. The van der Waals surface area contributed by atoms with Crippen LogP contribution in [0.3, 0.4) is 0 Å². The Morgan fingerprint density at radius 1 is 1.27 bits per heavy atom. The van der Waals surface area contributed by atoms with Crippen LogP contribution in [0.1, 0.15) is 23.3 Å². The highest BCUT2D eigenvalue weighted by molar-refractivity contribution is 5.92. The normalized spacial score (nSPS) is 18.2. The lowest BCUT2D eigenvalue weighted by atomic mass is 9.98. The van der Waals surface area contributed by atoms with Crippen LogP contribution >= 0.6 is 0 Å². The van der Waals surface area contributed by atoms with Crippen LogP contribution in [0.5, 0.6) is 0 Å². The van der Waals surface area contributed by atoms with Crippen molar-refractivity contribution in [3.05, 3.63) is 42.3 Å². The van der Waals surface area contributed by atoms with Gasteiger partial charge in [-0.1, -0.05) is 18.2 Å². The highest BCUT2D eigenvalue weighted by Gasteiger charge is 2.29. The van der Waals surface area contributed by atoms with Crippen molar-refractivity contribution in [2.24, 2.45) is 5.92 Å². The molecule has 1 fully saturated rings. The van der Waals surface area contributed by atoms with Gasteiger partial charge in [-0.05, 0) is 25.0 Å². The average Bonchev–Trinajstić information content (AvgIpc) is 3.05. The standard InChI is InChI=1S/C16H16N2O4/c19-15(18-8-4-7-12(9-18)16(20)21)13-10-22-14(17-13)11-5-2-1-3-6-11/h1-3,5-6,10,12H,4,7-9H2,(H,20,21). The van der Waals surface area contributed by atoms with E-state index in [0.29, 0.717) is 25.3 Å². The topological polar surface area (TPSA) is 83.6 Å². The molecule has 2 aromatic rings. The number of nitrogens with zero attached hydrogens (tertiary/aromatic N) is 2. The zero-order chi connectivity index (χ0) is 15.5. The zero-order valence-corrected chi connectivity index (χ0v) is 11.9. The maximum absolute atomic E-state index is 12.4. The number of hydrogen-bond donors (Lipinski definition) is 1. The lowest BCUT2D eigenvalue weighted by Crippen LogP contribution is -2.42. The molecule has 3 rings (SSSR count). The largest absolute Gasteiger partial charge is 0.481 e. The molecule has 0 radical (unpaired) electrons. The fraction of sp³-hybridized carbons (Fsp3) is 0.312. The van der Waals surface area contributed by atoms with Gasteiger partial charge in [-0.25, -0.2) is 4.98 Å². The molecular formula is C16H16N2O4. The molecule has 6 nitrogen and oxygen atoms in total. The third kappa shape index (κ3) is 2.86. The number of oxazole rings is 1. The summed E-state index contributed by atoms with van der Waals surface area (Å²) < 4.78 is 5.36. The molecule has 0 bridgehead atoms. The van der Waals surface area contributed by atoms with E-state index < -0.39 is 11.9 Å². The summed E-state index contributed by atoms with van der Waals surface area (Å²) in [4.78, 5) is 29.3. The van der Waals surface area contributed by atoms with E-state index in [1.165, 1.54) is 11.2 Å². The molecule has 22 heavy (non-hydrogen) atoms. The zero-order valence-electron chi connectivity index (χ0n) is 11.9. The summed E-state index contributed by atoms with van der Waals surface area (Å²) in [7, 11) is 0. The number of aliphatic carboxylic acids is 1. The summed E-state index contributed by atoms with van der Waals surface area (Å²) in [6.07, 6.45) is 2.62. The first-order valence-electron chi connectivity index (χ1n) is 7.18. The second kappa shape index (κ2) is 6.01. The van der Waals surface area contributed by atoms with Crippen LogP contribution in [-0.2, 0) is 4.79 Å². The van der Waals surface area contributed by atoms with Crippen molar-refractivity contribution in [1.82, 2.24) is 9.88 Å². The Labute approximate surface area is 127 Å². The number of carbonyl (C=O) groups excluding carboxylic acids is 1. The van der Waals surface area contributed by atoms with Crippen LogP contribution in [0, 0.1) is 5.92 Å². The monoisotopic (exact) mass is 300 g/mol. The summed E-state index contributed by atoms with van der Waals surface area (Å²) in [5.41, 5.74) is 1.01. The second-order valence-corrected chi connectivity index (χ2v) is 5.33. The molecule has 0 aliphatic carbocycles. The summed E-state index contributed by atoms with van der Waals surface area (Å²) in [6, 6.07) is 9.31. The van der Waals surface area contributed by atoms with Crippen molar-refractivity contribution in [1.29, 1.82) is 0 Å².